The third-order valence-corrected chi connectivity index (χ3v) is 2.40. The Morgan fingerprint density at radius 2 is 2.29 bits per heavy atom. The molecule has 94 valence electrons. The van der Waals surface area contributed by atoms with Crippen LogP contribution in [-0.4, -0.2) is 30.8 Å². The zero-order chi connectivity index (χ0) is 12.8. The van der Waals surface area contributed by atoms with Crippen molar-refractivity contribution >= 4 is 5.97 Å². The molecule has 0 amide bonds. The lowest BCUT2D eigenvalue weighted by molar-refractivity contribution is -0.139. The van der Waals surface area contributed by atoms with Crippen molar-refractivity contribution in [1.29, 1.82) is 0 Å². The summed E-state index contributed by atoms with van der Waals surface area (Å²) in [6.45, 7) is 1.98. The van der Waals surface area contributed by atoms with Crippen LogP contribution < -0.4 is 10.1 Å². The van der Waals surface area contributed by atoms with Crippen LogP contribution in [0.5, 0.6) is 5.75 Å². The molecule has 17 heavy (non-hydrogen) atoms. The van der Waals surface area contributed by atoms with E-state index in [9.17, 15) is 9.18 Å². The van der Waals surface area contributed by atoms with Crippen molar-refractivity contribution in [3.8, 4) is 5.75 Å². The first kappa shape index (κ1) is 13.4. The van der Waals surface area contributed by atoms with Crippen molar-refractivity contribution in [1.82, 2.24) is 5.32 Å². The molecule has 0 aliphatic heterocycles. The maximum absolute atomic E-state index is 13.3. The fourth-order valence-electron chi connectivity index (χ4n) is 1.40. The van der Waals surface area contributed by atoms with E-state index in [1.807, 2.05) is 6.92 Å². The number of benzene rings is 1. The van der Waals surface area contributed by atoms with Gasteiger partial charge in [0.05, 0.1) is 6.61 Å². The quantitative estimate of drug-likeness (QED) is 0.793. The van der Waals surface area contributed by atoms with Gasteiger partial charge in [0.25, 0.3) is 0 Å². The Kier molecular flexibility index (Phi) is 4.90. The Labute approximate surface area is 99.4 Å². The van der Waals surface area contributed by atoms with Gasteiger partial charge in [0.1, 0.15) is 6.04 Å². The summed E-state index contributed by atoms with van der Waals surface area (Å²) in [7, 11) is 1.56. The Hall–Kier alpha value is -1.62. The third kappa shape index (κ3) is 4.03. The minimum atomic E-state index is -0.944. The summed E-state index contributed by atoms with van der Waals surface area (Å²) in [5.74, 6) is -1.22. The van der Waals surface area contributed by atoms with Crippen molar-refractivity contribution in [2.45, 2.75) is 19.4 Å². The average molecular weight is 241 g/mol. The van der Waals surface area contributed by atoms with Gasteiger partial charge in [-0.1, -0.05) is 6.07 Å². The number of carboxylic acid groups (broad SMARTS) is 1. The molecular weight excluding hydrogens is 225 g/mol. The van der Waals surface area contributed by atoms with Crippen molar-refractivity contribution in [3.05, 3.63) is 29.6 Å². The molecule has 1 aromatic rings. The molecule has 0 fully saturated rings. The molecule has 1 atom stereocenters. The zero-order valence-corrected chi connectivity index (χ0v) is 9.87. The summed E-state index contributed by atoms with van der Waals surface area (Å²) in [4.78, 5) is 10.7. The van der Waals surface area contributed by atoms with Gasteiger partial charge in [-0.3, -0.25) is 4.79 Å². The van der Waals surface area contributed by atoms with Crippen LogP contribution in [0.3, 0.4) is 0 Å². The number of carboxylic acids is 1. The van der Waals surface area contributed by atoms with Gasteiger partial charge in [-0.25, -0.2) is 4.39 Å². The highest BCUT2D eigenvalue weighted by Crippen LogP contribution is 2.18. The summed E-state index contributed by atoms with van der Waals surface area (Å²) in [6, 6.07) is 3.89. The van der Waals surface area contributed by atoms with Crippen molar-refractivity contribution in [3.63, 3.8) is 0 Å². The van der Waals surface area contributed by atoms with Crippen LogP contribution in [0, 0.1) is 12.7 Å². The van der Waals surface area contributed by atoms with E-state index in [1.165, 1.54) is 6.07 Å². The van der Waals surface area contributed by atoms with Gasteiger partial charge in [-0.2, -0.15) is 0 Å². The Morgan fingerprint density at radius 1 is 1.59 bits per heavy atom. The van der Waals surface area contributed by atoms with Gasteiger partial charge in [0.15, 0.2) is 11.6 Å². The van der Waals surface area contributed by atoms with Gasteiger partial charge in [0, 0.05) is 6.42 Å². The molecule has 2 N–H and O–H groups in total. The highest BCUT2D eigenvalue weighted by atomic mass is 19.1. The molecule has 5 heteroatoms. The summed E-state index contributed by atoms with van der Waals surface area (Å²) >= 11 is 0. The maximum atomic E-state index is 13.3. The number of aryl methyl sites for hydroxylation is 1. The van der Waals surface area contributed by atoms with Crippen LogP contribution in [-0.2, 0) is 4.79 Å². The lowest BCUT2D eigenvalue weighted by Crippen LogP contribution is -2.35. The molecule has 0 aromatic heterocycles. The van der Waals surface area contributed by atoms with Crippen LogP contribution in [0.4, 0.5) is 4.39 Å². The first-order valence-electron chi connectivity index (χ1n) is 5.33. The summed E-state index contributed by atoms with van der Waals surface area (Å²) in [5, 5.41) is 11.4. The number of likely N-dealkylation sites (N-methyl/N-ethyl adjacent to an activating group) is 1. The monoisotopic (exact) mass is 241 g/mol. The highest BCUT2D eigenvalue weighted by molar-refractivity contribution is 5.73. The molecule has 0 heterocycles. The Morgan fingerprint density at radius 3 is 2.88 bits per heavy atom. The Bertz CT molecular complexity index is 395. The number of aliphatic carboxylic acids is 1. The third-order valence-electron chi connectivity index (χ3n) is 2.40. The molecule has 0 radical (unpaired) electrons. The Balaban J connectivity index is 2.50. The number of carbonyl (C=O) groups is 1. The average Bonchev–Trinajstić information content (AvgIpc) is 2.28. The fraction of sp³-hybridized carbons (Fsp3) is 0.417. The van der Waals surface area contributed by atoms with E-state index in [2.05, 4.69) is 5.32 Å². The molecule has 0 aliphatic rings. The standard InChI is InChI=1S/C12H16FNO3/c1-8-3-4-9(13)11(7-8)17-6-5-10(14-2)12(15)16/h3-4,7,10,14H,5-6H2,1-2H3,(H,15,16). The predicted octanol–water partition coefficient (Wildman–Crippen LogP) is 1.58. The fourth-order valence-corrected chi connectivity index (χ4v) is 1.40. The summed E-state index contributed by atoms with van der Waals surface area (Å²) < 4.78 is 18.5. The number of hydrogen-bond acceptors (Lipinski definition) is 3. The van der Waals surface area contributed by atoms with E-state index in [0.717, 1.165) is 5.56 Å². The second kappa shape index (κ2) is 6.20. The van der Waals surface area contributed by atoms with E-state index >= 15 is 0 Å². The second-order valence-electron chi connectivity index (χ2n) is 3.75. The predicted molar refractivity (Wildman–Crippen MR) is 61.7 cm³/mol. The molecule has 0 saturated heterocycles. The van der Waals surface area contributed by atoms with Crippen molar-refractivity contribution in [2.24, 2.45) is 0 Å². The lowest BCUT2D eigenvalue weighted by Gasteiger charge is -2.12. The van der Waals surface area contributed by atoms with Crippen molar-refractivity contribution in [2.75, 3.05) is 13.7 Å². The van der Waals surface area contributed by atoms with E-state index in [-0.39, 0.29) is 18.8 Å². The largest absolute Gasteiger partial charge is 0.490 e. The van der Waals surface area contributed by atoms with Gasteiger partial charge >= 0.3 is 5.97 Å². The topological polar surface area (TPSA) is 58.6 Å². The van der Waals surface area contributed by atoms with Crippen LogP contribution in [0.1, 0.15) is 12.0 Å². The van der Waals surface area contributed by atoms with Crippen molar-refractivity contribution < 1.29 is 19.0 Å². The van der Waals surface area contributed by atoms with E-state index in [0.29, 0.717) is 0 Å². The summed E-state index contributed by atoms with van der Waals surface area (Å²) in [5.41, 5.74) is 0.893. The SMILES string of the molecule is CNC(CCOc1cc(C)ccc1F)C(=O)O. The minimum absolute atomic E-state index is 0.151. The smallest absolute Gasteiger partial charge is 0.320 e. The molecule has 1 unspecified atom stereocenters. The van der Waals surface area contributed by atoms with Crippen LogP contribution in [0.25, 0.3) is 0 Å². The van der Waals surface area contributed by atoms with Gasteiger partial charge in [0.2, 0.25) is 0 Å². The van der Waals surface area contributed by atoms with Crippen LogP contribution in [0.2, 0.25) is 0 Å². The zero-order valence-electron chi connectivity index (χ0n) is 9.87. The summed E-state index contributed by atoms with van der Waals surface area (Å²) in [6.07, 6.45) is 0.277. The first-order chi connectivity index (χ1) is 8.04. The maximum Gasteiger partial charge on any atom is 0.320 e. The molecule has 0 spiro atoms. The number of halogens is 1. The highest BCUT2D eigenvalue weighted by Gasteiger charge is 2.14. The second-order valence-corrected chi connectivity index (χ2v) is 3.75. The minimum Gasteiger partial charge on any atom is -0.490 e. The molecule has 0 saturated carbocycles. The van der Waals surface area contributed by atoms with E-state index < -0.39 is 17.8 Å². The lowest BCUT2D eigenvalue weighted by atomic mass is 10.2. The normalized spacial score (nSPS) is 12.2. The molecule has 0 aliphatic carbocycles. The number of rotatable bonds is 6. The van der Waals surface area contributed by atoms with Crippen LogP contribution in [0.15, 0.2) is 18.2 Å². The number of hydrogen-bond donors (Lipinski definition) is 2. The molecule has 1 rings (SSSR count). The van der Waals surface area contributed by atoms with Gasteiger partial charge in [-0.05, 0) is 31.7 Å². The number of nitrogens with one attached hydrogen (secondary N) is 1. The molecular formula is C12H16FNO3. The first-order valence-corrected chi connectivity index (χ1v) is 5.33. The van der Waals surface area contributed by atoms with E-state index in [4.69, 9.17) is 9.84 Å². The van der Waals surface area contributed by atoms with E-state index in [1.54, 1.807) is 19.2 Å². The molecule has 4 nitrogen and oxygen atoms in total. The number of ether oxygens (including phenoxy) is 1. The van der Waals surface area contributed by atoms with Gasteiger partial charge in [-0.15, -0.1) is 0 Å². The van der Waals surface area contributed by atoms with Crippen LogP contribution >= 0.6 is 0 Å². The van der Waals surface area contributed by atoms with Gasteiger partial charge < -0.3 is 15.2 Å². The molecule has 1 aromatic carbocycles. The molecule has 0 bridgehead atoms.